The maximum atomic E-state index is 12.5. The van der Waals surface area contributed by atoms with Crippen LogP contribution in [0.1, 0.15) is 5.56 Å². The van der Waals surface area contributed by atoms with Crippen molar-refractivity contribution in [2.45, 2.75) is 11.8 Å². The van der Waals surface area contributed by atoms with Gasteiger partial charge in [0.25, 0.3) is 0 Å². The lowest BCUT2D eigenvalue weighted by molar-refractivity contribution is 0.474. The average Bonchev–Trinajstić information content (AvgIpc) is 2.43. The molecular weight excluding hydrogens is 270 g/mol. The van der Waals surface area contributed by atoms with Crippen molar-refractivity contribution in [2.24, 2.45) is 0 Å². The van der Waals surface area contributed by atoms with Gasteiger partial charge in [-0.05, 0) is 25.1 Å². The molecule has 0 unspecified atom stereocenters. The average molecular weight is 289 g/mol. The van der Waals surface area contributed by atoms with Crippen LogP contribution < -0.4 is 0 Å². The summed E-state index contributed by atoms with van der Waals surface area (Å²) < 4.78 is 26.4. The van der Waals surface area contributed by atoms with Crippen LogP contribution in [0.5, 0.6) is 0 Å². The second-order valence-corrected chi connectivity index (χ2v) is 6.15. The minimum Gasteiger partial charge on any atom is -0.207 e. The molecule has 20 heavy (non-hydrogen) atoms. The van der Waals surface area contributed by atoms with Gasteiger partial charge in [0, 0.05) is 13.1 Å². The van der Waals surface area contributed by atoms with E-state index in [2.05, 4.69) is 18.9 Å². The van der Waals surface area contributed by atoms with E-state index >= 15 is 0 Å². The third kappa shape index (κ3) is 4.35. The molecule has 0 aliphatic rings. The minimum atomic E-state index is -3.52. The molecule has 0 spiro atoms. The largest absolute Gasteiger partial charge is 0.243 e. The second-order valence-electron chi connectivity index (χ2n) is 4.21. The van der Waals surface area contributed by atoms with Gasteiger partial charge in [0.2, 0.25) is 10.0 Å². The van der Waals surface area contributed by atoms with Crippen LogP contribution in [0.15, 0.2) is 72.4 Å². The fourth-order valence-electron chi connectivity index (χ4n) is 1.57. The third-order valence-electron chi connectivity index (χ3n) is 2.68. The number of sulfonamides is 1. The Morgan fingerprint density at radius 1 is 1.25 bits per heavy atom. The Bertz CT molecular complexity index is 621. The van der Waals surface area contributed by atoms with Gasteiger partial charge >= 0.3 is 0 Å². The zero-order valence-electron chi connectivity index (χ0n) is 11.6. The van der Waals surface area contributed by atoms with Gasteiger partial charge in [-0.25, -0.2) is 8.42 Å². The number of allylic oxidation sites excluding steroid dienone is 2. The van der Waals surface area contributed by atoms with E-state index in [0.29, 0.717) is 0 Å². The van der Waals surface area contributed by atoms with Gasteiger partial charge in [-0.3, -0.25) is 0 Å². The second kappa shape index (κ2) is 7.65. The molecule has 0 aliphatic heterocycles. The summed E-state index contributed by atoms with van der Waals surface area (Å²) in [5.41, 5.74) is 3.62. The van der Waals surface area contributed by atoms with Crippen LogP contribution in [0.4, 0.5) is 0 Å². The Balaban J connectivity index is 3.08. The smallest absolute Gasteiger partial charge is 0.207 e. The highest BCUT2D eigenvalue weighted by atomic mass is 32.2. The first kappa shape index (κ1) is 16.2. The van der Waals surface area contributed by atoms with E-state index in [-0.39, 0.29) is 18.0 Å². The van der Waals surface area contributed by atoms with Crippen molar-refractivity contribution in [1.29, 1.82) is 0 Å². The summed E-state index contributed by atoms with van der Waals surface area (Å²) >= 11 is 0. The van der Waals surface area contributed by atoms with Gasteiger partial charge in [0.05, 0.1) is 4.90 Å². The molecule has 0 heterocycles. The highest BCUT2D eigenvalue weighted by Crippen LogP contribution is 2.16. The van der Waals surface area contributed by atoms with E-state index in [0.717, 1.165) is 5.56 Å². The Morgan fingerprint density at radius 2 is 1.90 bits per heavy atom. The molecule has 0 amide bonds. The first-order chi connectivity index (χ1) is 9.52. The van der Waals surface area contributed by atoms with Gasteiger partial charge in [0.15, 0.2) is 0 Å². The third-order valence-corrected chi connectivity index (χ3v) is 4.53. The maximum absolute atomic E-state index is 12.5. The molecule has 106 valence electrons. The zero-order valence-corrected chi connectivity index (χ0v) is 12.4. The molecule has 0 fully saturated rings. The van der Waals surface area contributed by atoms with E-state index in [1.807, 2.05) is 6.92 Å². The molecule has 0 saturated carbocycles. The topological polar surface area (TPSA) is 37.4 Å². The lowest BCUT2D eigenvalue weighted by Crippen LogP contribution is -2.31. The lowest BCUT2D eigenvalue weighted by Gasteiger charge is -2.19. The van der Waals surface area contributed by atoms with Gasteiger partial charge in [0.1, 0.15) is 0 Å². The molecule has 0 bridgehead atoms. The normalized spacial score (nSPS) is 11.5. The lowest BCUT2D eigenvalue weighted by atomic mass is 10.2. The summed E-state index contributed by atoms with van der Waals surface area (Å²) in [5.74, 6) is 0. The first-order valence-corrected chi connectivity index (χ1v) is 7.65. The standard InChI is InChI=1S/C16H19NO2S/c1-4-6-8-14-17(13-7-5-2)20(18,19)16-11-9-15(3)10-12-16/h4,6-12H,1-2,13-14H2,3H3/b8-6+. The van der Waals surface area contributed by atoms with Crippen molar-refractivity contribution in [1.82, 2.24) is 4.31 Å². The number of rotatable bonds is 7. The van der Waals surface area contributed by atoms with Crippen LogP contribution in [-0.2, 0) is 10.0 Å². The molecule has 1 rings (SSSR count). The molecule has 3 nitrogen and oxygen atoms in total. The number of hydrogen-bond donors (Lipinski definition) is 0. The molecule has 0 aromatic heterocycles. The molecule has 4 heteroatoms. The quantitative estimate of drug-likeness (QED) is 0.571. The molecule has 0 N–H and O–H groups in total. The van der Waals surface area contributed by atoms with Crippen LogP contribution in [0, 0.1) is 6.92 Å². The fraction of sp³-hybridized carbons (Fsp3) is 0.188. The van der Waals surface area contributed by atoms with E-state index in [1.165, 1.54) is 4.31 Å². The number of hydrogen-bond acceptors (Lipinski definition) is 2. The SMILES string of the molecule is C=C=CCN(C/C=C/C=C)S(=O)(=O)c1ccc(C)cc1. The van der Waals surface area contributed by atoms with Crippen molar-refractivity contribution in [3.8, 4) is 0 Å². The van der Waals surface area contributed by atoms with Crippen molar-refractivity contribution >= 4 is 10.0 Å². The Morgan fingerprint density at radius 3 is 2.45 bits per heavy atom. The summed E-state index contributed by atoms with van der Waals surface area (Å²) in [6.07, 6.45) is 6.67. The Labute approximate surface area is 121 Å². The van der Waals surface area contributed by atoms with Crippen LogP contribution in [-0.4, -0.2) is 25.8 Å². The summed E-state index contributed by atoms with van der Waals surface area (Å²) in [6.45, 7) is 9.46. The van der Waals surface area contributed by atoms with Crippen LogP contribution in [0.25, 0.3) is 0 Å². The van der Waals surface area contributed by atoms with Crippen molar-refractivity contribution < 1.29 is 8.42 Å². The summed E-state index contributed by atoms with van der Waals surface area (Å²) in [7, 11) is -3.52. The number of benzene rings is 1. The molecule has 0 atom stereocenters. The Kier molecular flexibility index (Phi) is 6.19. The minimum absolute atomic E-state index is 0.237. The predicted molar refractivity (Wildman–Crippen MR) is 83.0 cm³/mol. The Hall–Kier alpha value is -1.87. The van der Waals surface area contributed by atoms with Gasteiger partial charge in [-0.2, -0.15) is 4.31 Å². The molecule has 1 aromatic carbocycles. The van der Waals surface area contributed by atoms with Crippen LogP contribution in [0.3, 0.4) is 0 Å². The van der Waals surface area contributed by atoms with Gasteiger partial charge in [-0.15, -0.1) is 5.73 Å². The van der Waals surface area contributed by atoms with Crippen LogP contribution in [0.2, 0.25) is 0 Å². The van der Waals surface area contributed by atoms with Gasteiger partial charge < -0.3 is 0 Å². The highest BCUT2D eigenvalue weighted by Gasteiger charge is 2.22. The highest BCUT2D eigenvalue weighted by molar-refractivity contribution is 7.89. The van der Waals surface area contributed by atoms with E-state index in [1.54, 1.807) is 48.6 Å². The number of aryl methyl sites for hydroxylation is 1. The van der Waals surface area contributed by atoms with Crippen molar-refractivity contribution in [3.05, 3.63) is 73.0 Å². The number of nitrogens with zero attached hydrogens (tertiary/aromatic N) is 1. The van der Waals surface area contributed by atoms with Gasteiger partial charge in [-0.1, -0.05) is 49.1 Å². The fourth-order valence-corrected chi connectivity index (χ4v) is 2.90. The maximum Gasteiger partial charge on any atom is 0.243 e. The van der Waals surface area contributed by atoms with E-state index < -0.39 is 10.0 Å². The van der Waals surface area contributed by atoms with E-state index in [9.17, 15) is 8.42 Å². The first-order valence-electron chi connectivity index (χ1n) is 6.21. The van der Waals surface area contributed by atoms with Crippen molar-refractivity contribution in [2.75, 3.05) is 13.1 Å². The summed E-state index contributed by atoms with van der Waals surface area (Å²) in [6, 6.07) is 6.81. The predicted octanol–water partition coefficient (Wildman–Crippen LogP) is 3.07. The molecule has 0 aliphatic carbocycles. The molecule has 0 saturated heterocycles. The summed E-state index contributed by atoms with van der Waals surface area (Å²) in [4.78, 5) is 0.285. The van der Waals surface area contributed by atoms with Crippen molar-refractivity contribution in [3.63, 3.8) is 0 Å². The summed E-state index contributed by atoms with van der Waals surface area (Å²) in [5, 5.41) is 0. The van der Waals surface area contributed by atoms with Crippen LogP contribution >= 0.6 is 0 Å². The molecule has 0 radical (unpaired) electrons. The zero-order chi connectivity index (χ0) is 15.0. The molecule has 1 aromatic rings. The molecular formula is C16H19NO2S. The van der Waals surface area contributed by atoms with E-state index in [4.69, 9.17) is 0 Å². The monoisotopic (exact) mass is 289 g/mol.